The van der Waals surface area contributed by atoms with Crippen LogP contribution < -0.4 is 4.74 Å². The lowest BCUT2D eigenvalue weighted by Gasteiger charge is -2.17. The molecule has 0 amide bonds. The molecule has 0 aliphatic heterocycles. The van der Waals surface area contributed by atoms with Crippen molar-refractivity contribution in [2.75, 3.05) is 0 Å². The topological polar surface area (TPSA) is 31.2 Å². The molecule has 1 aromatic heterocycles. The zero-order chi connectivity index (χ0) is 14.9. The van der Waals surface area contributed by atoms with Gasteiger partial charge < -0.3 is 9.30 Å². The van der Waals surface area contributed by atoms with E-state index in [1.54, 1.807) is 0 Å². The number of hydrogen-bond donors (Lipinski definition) is 0. The van der Waals surface area contributed by atoms with Crippen LogP contribution in [0.25, 0.3) is 10.9 Å². The summed E-state index contributed by atoms with van der Waals surface area (Å²) < 4.78 is 7.69. The minimum atomic E-state index is -0.308. The predicted octanol–water partition coefficient (Wildman–Crippen LogP) is 4.04. The fraction of sp³-hybridized carbons (Fsp3) is 0.471. The van der Waals surface area contributed by atoms with Gasteiger partial charge in [0.15, 0.2) is 5.78 Å². The molecule has 108 valence electrons. The van der Waals surface area contributed by atoms with E-state index in [-0.39, 0.29) is 17.3 Å². The van der Waals surface area contributed by atoms with E-state index in [2.05, 4.69) is 0 Å². The first-order chi connectivity index (χ1) is 9.27. The van der Waals surface area contributed by atoms with E-state index in [1.165, 1.54) is 0 Å². The molecule has 20 heavy (non-hydrogen) atoms. The number of fused-ring (bicyclic) bond motifs is 1. The van der Waals surface area contributed by atoms with Crippen LogP contribution in [0, 0.1) is 5.41 Å². The minimum absolute atomic E-state index is 0.164. The van der Waals surface area contributed by atoms with E-state index in [0.717, 1.165) is 16.7 Å². The standard InChI is InChI=1S/C17H23NO2/c1-12(2)20-14-6-7-15-13(10-14)8-9-18(15)11-16(19)17(3,4)5/h6-10,12H,11H2,1-5H3. The number of carbonyl (C=O) groups is 1. The van der Waals surface area contributed by atoms with Crippen LogP contribution in [0.15, 0.2) is 30.5 Å². The summed E-state index contributed by atoms with van der Waals surface area (Å²) >= 11 is 0. The molecule has 2 aromatic rings. The van der Waals surface area contributed by atoms with E-state index in [9.17, 15) is 4.79 Å². The monoisotopic (exact) mass is 273 g/mol. The number of Topliss-reactive ketones (excluding diaryl/α,β-unsaturated/α-hetero) is 1. The number of rotatable bonds is 4. The summed E-state index contributed by atoms with van der Waals surface area (Å²) in [4.78, 5) is 12.1. The van der Waals surface area contributed by atoms with Gasteiger partial charge >= 0.3 is 0 Å². The molecule has 0 bridgehead atoms. The van der Waals surface area contributed by atoms with Gasteiger partial charge in [-0.1, -0.05) is 20.8 Å². The molecule has 1 heterocycles. The molecule has 0 N–H and O–H groups in total. The summed E-state index contributed by atoms with van der Waals surface area (Å²) in [5.41, 5.74) is 0.760. The highest BCUT2D eigenvalue weighted by Gasteiger charge is 2.21. The summed E-state index contributed by atoms with van der Waals surface area (Å²) in [7, 11) is 0. The second-order valence-electron chi connectivity index (χ2n) is 6.50. The Morgan fingerprint density at radius 1 is 1.25 bits per heavy atom. The van der Waals surface area contributed by atoms with Crippen LogP contribution in [0.4, 0.5) is 0 Å². The second kappa shape index (κ2) is 5.31. The molecule has 0 aliphatic rings. The zero-order valence-electron chi connectivity index (χ0n) is 12.9. The SMILES string of the molecule is CC(C)Oc1ccc2c(ccn2CC(=O)C(C)(C)C)c1. The summed E-state index contributed by atoms with van der Waals surface area (Å²) in [5.74, 6) is 1.10. The summed E-state index contributed by atoms with van der Waals surface area (Å²) in [6.45, 7) is 10.3. The van der Waals surface area contributed by atoms with Crippen molar-refractivity contribution < 1.29 is 9.53 Å². The summed E-state index contributed by atoms with van der Waals surface area (Å²) in [6, 6.07) is 8.02. The number of hydrogen-bond acceptors (Lipinski definition) is 2. The lowest BCUT2D eigenvalue weighted by atomic mass is 9.91. The van der Waals surface area contributed by atoms with Crippen molar-refractivity contribution in [2.24, 2.45) is 5.41 Å². The Balaban J connectivity index is 2.27. The van der Waals surface area contributed by atoms with E-state index in [4.69, 9.17) is 4.74 Å². The average Bonchev–Trinajstić information content (AvgIpc) is 2.70. The molecule has 0 saturated heterocycles. The first kappa shape index (κ1) is 14.6. The smallest absolute Gasteiger partial charge is 0.157 e. The van der Waals surface area contributed by atoms with Gasteiger partial charge in [0.2, 0.25) is 0 Å². The van der Waals surface area contributed by atoms with Gasteiger partial charge in [0, 0.05) is 22.5 Å². The van der Waals surface area contributed by atoms with Crippen LogP contribution in [0.3, 0.4) is 0 Å². The van der Waals surface area contributed by atoms with Gasteiger partial charge in [-0.3, -0.25) is 4.79 Å². The molecule has 3 nitrogen and oxygen atoms in total. The molecule has 2 rings (SSSR count). The van der Waals surface area contributed by atoms with Gasteiger partial charge in [0.05, 0.1) is 12.6 Å². The van der Waals surface area contributed by atoms with Gasteiger partial charge in [-0.05, 0) is 38.1 Å². The molecule has 0 saturated carbocycles. The van der Waals surface area contributed by atoms with Crippen LogP contribution >= 0.6 is 0 Å². The average molecular weight is 273 g/mol. The highest BCUT2D eigenvalue weighted by Crippen LogP contribution is 2.24. The fourth-order valence-electron chi connectivity index (χ4n) is 2.05. The Morgan fingerprint density at radius 2 is 1.95 bits per heavy atom. The molecule has 3 heteroatoms. The summed E-state index contributed by atoms with van der Waals surface area (Å²) in [5, 5.41) is 1.10. The number of carbonyl (C=O) groups excluding carboxylic acids is 1. The molecule has 0 radical (unpaired) electrons. The molecule has 0 atom stereocenters. The summed E-state index contributed by atoms with van der Waals surface area (Å²) in [6.07, 6.45) is 2.13. The van der Waals surface area contributed by atoms with Crippen LogP contribution in [0.1, 0.15) is 34.6 Å². The lowest BCUT2D eigenvalue weighted by Crippen LogP contribution is -2.24. The predicted molar refractivity (Wildman–Crippen MR) is 82.2 cm³/mol. The van der Waals surface area contributed by atoms with E-state index < -0.39 is 0 Å². The molecule has 0 aliphatic carbocycles. The number of aromatic nitrogens is 1. The minimum Gasteiger partial charge on any atom is -0.491 e. The third-order valence-electron chi connectivity index (χ3n) is 3.26. The van der Waals surface area contributed by atoms with Crippen molar-refractivity contribution in [3.8, 4) is 5.75 Å². The Morgan fingerprint density at radius 3 is 2.55 bits per heavy atom. The first-order valence-electron chi connectivity index (χ1n) is 7.06. The fourth-order valence-corrected chi connectivity index (χ4v) is 2.05. The molecule has 0 spiro atoms. The second-order valence-corrected chi connectivity index (χ2v) is 6.50. The molecule has 0 fully saturated rings. The van der Waals surface area contributed by atoms with Gasteiger partial charge in [-0.25, -0.2) is 0 Å². The number of benzene rings is 1. The van der Waals surface area contributed by atoms with Crippen LogP contribution in [0.2, 0.25) is 0 Å². The third-order valence-corrected chi connectivity index (χ3v) is 3.26. The lowest BCUT2D eigenvalue weighted by molar-refractivity contribution is -0.126. The van der Waals surface area contributed by atoms with Crippen LogP contribution in [-0.2, 0) is 11.3 Å². The van der Waals surface area contributed by atoms with Gasteiger partial charge in [-0.2, -0.15) is 0 Å². The van der Waals surface area contributed by atoms with Crippen LogP contribution in [-0.4, -0.2) is 16.5 Å². The van der Waals surface area contributed by atoms with Crippen LogP contribution in [0.5, 0.6) is 5.75 Å². The molecular formula is C17H23NO2. The maximum Gasteiger partial charge on any atom is 0.157 e. The Labute approximate surface area is 120 Å². The Bertz CT molecular complexity index is 617. The van der Waals surface area contributed by atoms with Crippen molar-refractivity contribution in [2.45, 2.75) is 47.3 Å². The quantitative estimate of drug-likeness (QED) is 0.841. The highest BCUT2D eigenvalue weighted by molar-refractivity contribution is 5.87. The van der Waals surface area contributed by atoms with Crippen molar-refractivity contribution >= 4 is 16.7 Å². The zero-order valence-corrected chi connectivity index (χ0v) is 12.9. The largest absolute Gasteiger partial charge is 0.491 e. The Kier molecular flexibility index (Phi) is 3.89. The van der Waals surface area contributed by atoms with Crippen molar-refractivity contribution in [1.29, 1.82) is 0 Å². The Hall–Kier alpha value is -1.77. The van der Waals surface area contributed by atoms with E-state index in [1.807, 2.05) is 69.6 Å². The molecule has 1 aromatic carbocycles. The van der Waals surface area contributed by atoms with Crippen molar-refractivity contribution in [3.05, 3.63) is 30.5 Å². The van der Waals surface area contributed by atoms with Crippen molar-refractivity contribution in [1.82, 2.24) is 4.57 Å². The van der Waals surface area contributed by atoms with Gasteiger partial charge in [0.25, 0.3) is 0 Å². The van der Waals surface area contributed by atoms with Gasteiger partial charge in [-0.15, -0.1) is 0 Å². The molecule has 0 unspecified atom stereocenters. The maximum absolute atomic E-state index is 12.1. The van der Waals surface area contributed by atoms with E-state index >= 15 is 0 Å². The van der Waals surface area contributed by atoms with E-state index in [0.29, 0.717) is 6.54 Å². The first-order valence-corrected chi connectivity index (χ1v) is 7.06. The maximum atomic E-state index is 12.1. The normalized spacial score (nSPS) is 12.1. The van der Waals surface area contributed by atoms with Crippen molar-refractivity contribution in [3.63, 3.8) is 0 Å². The third kappa shape index (κ3) is 3.21. The number of ether oxygens (including phenoxy) is 1. The highest BCUT2D eigenvalue weighted by atomic mass is 16.5. The number of ketones is 1. The number of nitrogens with zero attached hydrogens (tertiary/aromatic N) is 1. The molecular weight excluding hydrogens is 250 g/mol. The van der Waals surface area contributed by atoms with Gasteiger partial charge in [0.1, 0.15) is 5.75 Å².